The van der Waals surface area contributed by atoms with Crippen molar-refractivity contribution in [3.8, 4) is 0 Å². The van der Waals surface area contributed by atoms with Crippen LogP contribution in [-0.2, 0) is 14.3 Å². The van der Waals surface area contributed by atoms with Crippen LogP contribution in [0.4, 0.5) is 0 Å². The lowest BCUT2D eigenvalue weighted by Crippen LogP contribution is -2.61. The number of piperidine rings is 1. The molecule has 0 aromatic rings. The van der Waals surface area contributed by atoms with E-state index >= 15 is 0 Å². The smallest absolute Gasteiger partial charge is 0.314 e. The molecule has 124 valence electrons. The highest BCUT2D eigenvalue weighted by Gasteiger charge is 2.47. The summed E-state index contributed by atoms with van der Waals surface area (Å²) < 4.78 is 11.1. The molecule has 0 atom stereocenters. The van der Waals surface area contributed by atoms with Crippen LogP contribution in [0.1, 0.15) is 61.3 Å². The topological polar surface area (TPSA) is 59.0 Å². The lowest BCUT2D eigenvalue weighted by Gasteiger charge is -2.51. The monoisotopic (exact) mass is 301 g/mol. The Morgan fingerprint density at radius 3 is 2.14 bits per heavy atom. The summed E-state index contributed by atoms with van der Waals surface area (Å²) in [4.78, 5) is 12.4. The van der Waals surface area contributed by atoms with E-state index < -0.39 is 16.5 Å². The molecule has 0 aliphatic carbocycles. The molecule has 1 saturated heterocycles. The summed E-state index contributed by atoms with van der Waals surface area (Å²) >= 11 is 0. The Kier molecular flexibility index (Phi) is 5.45. The van der Waals surface area contributed by atoms with Crippen molar-refractivity contribution in [2.45, 2.75) is 78.5 Å². The van der Waals surface area contributed by atoms with Gasteiger partial charge in [-0.2, -0.15) is 5.06 Å². The molecule has 0 saturated carbocycles. The zero-order valence-electron chi connectivity index (χ0n) is 14.5. The second-order valence-corrected chi connectivity index (χ2v) is 7.89. The molecule has 0 unspecified atom stereocenters. The highest BCUT2D eigenvalue weighted by molar-refractivity contribution is 5.76. The van der Waals surface area contributed by atoms with Crippen molar-refractivity contribution in [1.82, 2.24) is 5.06 Å². The van der Waals surface area contributed by atoms with Gasteiger partial charge in [0.05, 0.1) is 12.0 Å². The Bertz CT molecular complexity index is 358. The van der Waals surface area contributed by atoms with Gasteiger partial charge in [-0.1, -0.05) is 0 Å². The number of hydroxylamine groups is 2. The van der Waals surface area contributed by atoms with E-state index in [1.807, 2.05) is 48.5 Å². The summed E-state index contributed by atoms with van der Waals surface area (Å²) in [5, 5.41) is 11.7. The predicted molar refractivity (Wildman–Crippen MR) is 81.2 cm³/mol. The lowest BCUT2D eigenvalue weighted by molar-refractivity contribution is -0.260. The Balaban J connectivity index is 2.73. The fraction of sp³-hybridized carbons (Fsp3) is 0.938. The van der Waals surface area contributed by atoms with E-state index in [9.17, 15) is 10.0 Å². The molecule has 21 heavy (non-hydrogen) atoms. The number of carbonyl (C=O) groups is 1. The normalized spacial score (nSPS) is 23.0. The van der Waals surface area contributed by atoms with Crippen LogP contribution in [0.3, 0.4) is 0 Å². The average molecular weight is 301 g/mol. The maximum atomic E-state index is 12.4. The SMILES string of the molecule is CCOCC(C)(C)C(=O)OC1CC(C)(C)N(O)C(C)(C)C1. The molecule has 0 aromatic carbocycles. The third kappa shape index (κ3) is 4.41. The van der Waals surface area contributed by atoms with Crippen molar-refractivity contribution >= 4 is 5.97 Å². The fourth-order valence-corrected chi connectivity index (χ4v) is 2.99. The minimum Gasteiger partial charge on any atom is -0.462 e. The van der Waals surface area contributed by atoms with Gasteiger partial charge >= 0.3 is 5.97 Å². The molecule has 0 amide bonds. The maximum Gasteiger partial charge on any atom is 0.314 e. The van der Waals surface area contributed by atoms with E-state index in [-0.39, 0.29) is 12.1 Å². The van der Waals surface area contributed by atoms with Crippen LogP contribution in [0, 0.1) is 5.41 Å². The third-order valence-corrected chi connectivity index (χ3v) is 4.09. The van der Waals surface area contributed by atoms with Crippen LogP contribution >= 0.6 is 0 Å². The van der Waals surface area contributed by atoms with Gasteiger partial charge in [-0.3, -0.25) is 4.79 Å². The van der Waals surface area contributed by atoms with Crippen molar-refractivity contribution in [2.75, 3.05) is 13.2 Å². The van der Waals surface area contributed by atoms with Gasteiger partial charge in [-0.05, 0) is 48.5 Å². The zero-order valence-corrected chi connectivity index (χ0v) is 14.5. The summed E-state index contributed by atoms with van der Waals surface area (Å²) in [6.07, 6.45) is 1.04. The summed E-state index contributed by atoms with van der Waals surface area (Å²) in [6.45, 7) is 14.3. The number of rotatable bonds is 5. The molecular formula is C16H31NO4. The van der Waals surface area contributed by atoms with Crippen molar-refractivity contribution in [1.29, 1.82) is 0 Å². The van der Waals surface area contributed by atoms with Crippen molar-refractivity contribution < 1.29 is 19.5 Å². The molecule has 1 N–H and O–H groups in total. The lowest BCUT2D eigenvalue weighted by atomic mass is 9.80. The van der Waals surface area contributed by atoms with Gasteiger partial charge < -0.3 is 14.7 Å². The largest absolute Gasteiger partial charge is 0.462 e. The quantitative estimate of drug-likeness (QED) is 0.791. The van der Waals surface area contributed by atoms with E-state index in [2.05, 4.69) is 0 Å². The number of carbonyl (C=O) groups excluding carboxylic acids is 1. The fourth-order valence-electron chi connectivity index (χ4n) is 2.99. The Morgan fingerprint density at radius 2 is 1.71 bits per heavy atom. The molecule has 0 bridgehead atoms. The average Bonchev–Trinajstić information content (AvgIpc) is 2.32. The molecule has 1 fully saturated rings. The third-order valence-electron chi connectivity index (χ3n) is 4.09. The standard InChI is InChI=1S/C16H31NO4/c1-8-20-11-14(2,3)13(18)21-12-9-15(4,5)17(19)16(6,7)10-12/h12,19H,8-11H2,1-7H3. The number of esters is 1. The van der Waals surface area contributed by atoms with Gasteiger partial charge in [0, 0.05) is 30.5 Å². The highest BCUT2D eigenvalue weighted by Crippen LogP contribution is 2.38. The predicted octanol–water partition coefficient (Wildman–Crippen LogP) is 3.00. The maximum absolute atomic E-state index is 12.4. The molecular weight excluding hydrogens is 270 g/mol. The molecule has 5 heteroatoms. The molecule has 1 aliphatic heterocycles. The summed E-state index contributed by atoms with van der Waals surface area (Å²) in [5.74, 6) is -0.237. The second kappa shape index (κ2) is 6.23. The van der Waals surface area contributed by atoms with E-state index in [1.165, 1.54) is 5.06 Å². The van der Waals surface area contributed by atoms with Crippen molar-refractivity contribution in [3.05, 3.63) is 0 Å². The first-order chi connectivity index (χ1) is 9.42. The second-order valence-electron chi connectivity index (χ2n) is 7.89. The van der Waals surface area contributed by atoms with E-state index in [4.69, 9.17) is 9.47 Å². The molecule has 1 heterocycles. The molecule has 0 radical (unpaired) electrons. The van der Waals surface area contributed by atoms with Crippen LogP contribution in [0.25, 0.3) is 0 Å². The Labute approximate surface area is 128 Å². The highest BCUT2D eigenvalue weighted by atomic mass is 16.6. The van der Waals surface area contributed by atoms with Gasteiger partial charge in [0.2, 0.25) is 0 Å². The van der Waals surface area contributed by atoms with Gasteiger partial charge in [0.1, 0.15) is 6.10 Å². The van der Waals surface area contributed by atoms with Crippen LogP contribution in [0.15, 0.2) is 0 Å². The first-order valence-corrected chi connectivity index (χ1v) is 7.70. The van der Waals surface area contributed by atoms with Crippen molar-refractivity contribution in [3.63, 3.8) is 0 Å². The minimum absolute atomic E-state index is 0.188. The van der Waals surface area contributed by atoms with E-state index in [0.717, 1.165) is 0 Å². The van der Waals surface area contributed by atoms with Crippen LogP contribution in [0.2, 0.25) is 0 Å². The van der Waals surface area contributed by atoms with Gasteiger partial charge in [0.15, 0.2) is 0 Å². The number of hydrogen-bond donors (Lipinski definition) is 1. The molecule has 0 aromatic heterocycles. The van der Waals surface area contributed by atoms with Crippen LogP contribution < -0.4 is 0 Å². The van der Waals surface area contributed by atoms with Crippen LogP contribution in [0.5, 0.6) is 0 Å². The van der Waals surface area contributed by atoms with Crippen LogP contribution in [-0.4, -0.2) is 46.6 Å². The molecule has 1 aliphatic rings. The first-order valence-electron chi connectivity index (χ1n) is 7.70. The Morgan fingerprint density at radius 1 is 1.24 bits per heavy atom. The molecule has 0 spiro atoms. The summed E-state index contributed by atoms with van der Waals surface area (Å²) in [5.41, 5.74) is -1.49. The van der Waals surface area contributed by atoms with Gasteiger partial charge in [0.25, 0.3) is 0 Å². The Hall–Kier alpha value is -0.650. The number of ether oxygens (including phenoxy) is 2. The van der Waals surface area contributed by atoms with E-state index in [0.29, 0.717) is 26.1 Å². The molecule has 5 nitrogen and oxygen atoms in total. The minimum atomic E-state index is -0.652. The summed E-state index contributed by atoms with van der Waals surface area (Å²) in [7, 11) is 0. The number of nitrogens with zero attached hydrogens (tertiary/aromatic N) is 1. The van der Waals surface area contributed by atoms with Gasteiger partial charge in [-0.25, -0.2) is 0 Å². The first kappa shape index (κ1) is 18.4. The number of hydrogen-bond acceptors (Lipinski definition) is 5. The molecule has 1 rings (SSSR count). The summed E-state index contributed by atoms with van der Waals surface area (Å²) in [6, 6.07) is 0. The zero-order chi connectivity index (χ0) is 16.5. The van der Waals surface area contributed by atoms with E-state index in [1.54, 1.807) is 0 Å². The van der Waals surface area contributed by atoms with Crippen molar-refractivity contribution in [2.24, 2.45) is 5.41 Å². The van der Waals surface area contributed by atoms with Gasteiger partial charge in [-0.15, -0.1) is 0 Å².